The number of aliphatic hydroxyl groups excluding tert-OH is 1. The molecular formula is C20H19FN2O3. The predicted octanol–water partition coefficient (Wildman–Crippen LogP) is 3.57. The van der Waals surface area contributed by atoms with Crippen molar-refractivity contribution in [2.24, 2.45) is 0 Å². The first-order chi connectivity index (χ1) is 12.5. The van der Waals surface area contributed by atoms with Gasteiger partial charge in [0.05, 0.1) is 11.7 Å². The number of carbonyl (C=O) groups excluding carboxylic acids is 1. The zero-order valence-electron chi connectivity index (χ0n) is 14.5. The molecule has 1 heterocycles. The third-order valence-electron chi connectivity index (χ3n) is 3.95. The number of hydrogen-bond acceptors (Lipinski definition) is 4. The quantitative estimate of drug-likeness (QED) is 0.734. The highest BCUT2D eigenvalue weighted by Crippen LogP contribution is 2.34. The standard InChI is InChI=1S/C20H19FN2O3/c1-12(24)11-22-20(25)15-8-6-14(7-9-15)19-18(13(2)26-23-19)16-4-3-5-17(21)10-16/h3-10,12,24H,11H2,1-2H3,(H,22,25). The number of rotatable bonds is 5. The van der Waals surface area contributed by atoms with Gasteiger partial charge in [-0.3, -0.25) is 4.79 Å². The van der Waals surface area contributed by atoms with Crippen LogP contribution in [0.5, 0.6) is 0 Å². The molecule has 134 valence electrons. The number of benzene rings is 2. The van der Waals surface area contributed by atoms with Crippen LogP contribution in [0.2, 0.25) is 0 Å². The van der Waals surface area contributed by atoms with Gasteiger partial charge in [0.15, 0.2) is 0 Å². The van der Waals surface area contributed by atoms with E-state index >= 15 is 0 Å². The Bertz CT molecular complexity index is 917. The lowest BCUT2D eigenvalue weighted by atomic mass is 9.98. The second kappa shape index (κ2) is 7.49. The third-order valence-corrected chi connectivity index (χ3v) is 3.95. The summed E-state index contributed by atoms with van der Waals surface area (Å²) in [6.07, 6.45) is -0.606. The average Bonchev–Trinajstić information content (AvgIpc) is 3.01. The van der Waals surface area contributed by atoms with Crippen LogP contribution in [-0.4, -0.2) is 28.8 Å². The minimum absolute atomic E-state index is 0.187. The molecule has 0 saturated heterocycles. The summed E-state index contributed by atoms with van der Waals surface area (Å²) in [6.45, 7) is 3.56. The van der Waals surface area contributed by atoms with Gasteiger partial charge in [-0.25, -0.2) is 4.39 Å². The van der Waals surface area contributed by atoms with Gasteiger partial charge in [0.2, 0.25) is 0 Å². The number of carbonyl (C=O) groups is 1. The summed E-state index contributed by atoms with van der Waals surface area (Å²) in [4.78, 5) is 12.0. The summed E-state index contributed by atoms with van der Waals surface area (Å²) in [5.41, 5.74) is 3.22. The third kappa shape index (κ3) is 3.81. The van der Waals surface area contributed by atoms with Gasteiger partial charge in [0.25, 0.3) is 5.91 Å². The van der Waals surface area contributed by atoms with Gasteiger partial charge in [0, 0.05) is 17.7 Å². The van der Waals surface area contributed by atoms with Crippen molar-refractivity contribution in [1.82, 2.24) is 10.5 Å². The van der Waals surface area contributed by atoms with Crippen LogP contribution in [0.15, 0.2) is 53.1 Å². The molecule has 3 aromatic rings. The molecule has 1 atom stereocenters. The molecule has 0 spiro atoms. The van der Waals surface area contributed by atoms with Gasteiger partial charge < -0.3 is 14.9 Å². The minimum atomic E-state index is -0.606. The Kier molecular flexibility index (Phi) is 5.14. The van der Waals surface area contributed by atoms with E-state index in [9.17, 15) is 14.3 Å². The molecule has 5 nitrogen and oxygen atoms in total. The minimum Gasteiger partial charge on any atom is -0.392 e. The highest BCUT2D eigenvalue weighted by atomic mass is 19.1. The number of aliphatic hydroxyl groups is 1. The Balaban J connectivity index is 1.90. The number of halogens is 1. The highest BCUT2D eigenvalue weighted by molar-refractivity contribution is 5.95. The summed E-state index contributed by atoms with van der Waals surface area (Å²) in [7, 11) is 0. The summed E-state index contributed by atoms with van der Waals surface area (Å²) >= 11 is 0. The molecule has 0 aliphatic heterocycles. The number of nitrogens with one attached hydrogen (secondary N) is 1. The van der Waals surface area contributed by atoms with Crippen LogP contribution in [0, 0.1) is 12.7 Å². The summed E-state index contributed by atoms with van der Waals surface area (Å²) in [5, 5.41) is 16.0. The summed E-state index contributed by atoms with van der Waals surface area (Å²) in [5.74, 6) is -0.0114. The van der Waals surface area contributed by atoms with E-state index in [1.165, 1.54) is 12.1 Å². The maximum absolute atomic E-state index is 13.6. The first-order valence-electron chi connectivity index (χ1n) is 8.24. The molecular weight excluding hydrogens is 335 g/mol. The van der Waals surface area contributed by atoms with E-state index in [4.69, 9.17) is 4.52 Å². The van der Waals surface area contributed by atoms with E-state index < -0.39 is 6.10 Å². The molecule has 1 aromatic heterocycles. The van der Waals surface area contributed by atoms with E-state index in [0.29, 0.717) is 22.6 Å². The van der Waals surface area contributed by atoms with Crippen molar-refractivity contribution in [2.75, 3.05) is 6.54 Å². The van der Waals surface area contributed by atoms with Gasteiger partial charge in [-0.1, -0.05) is 29.4 Å². The van der Waals surface area contributed by atoms with Crippen molar-refractivity contribution < 1.29 is 18.8 Å². The molecule has 0 aliphatic rings. The zero-order chi connectivity index (χ0) is 18.7. The van der Waals surface area contributed by atoms with Crippen molar-refractivity contribution in [1.29, 1.82) is 0 Å². The first-order valence-corrected chi connectivity index (χ1v) is 8.24. The molecule has 1 unspecified atom stereocenters. The van der Waals surface area contributed by atoms with E-state index in [1.807, 2.05) is 0 Å². The molecule has 0 saturated carbocycles. The number of hydrogen-bond donors (Lipinski definition) is 2. The van der Waals surface area contributed by atoms with Crippen molar-refractivity contribution in [3.63, 3.8) is 0 Å². The number of nitrogens with zero attached hydrogens (tertiary/aromatic N) is 1. The molecule has 26 heavy (non-hydrogen) atoms. The first kappa shape index (κ1) is 17.8. The van der Waals surface area contributed by atoms with Crippen LogP contribution >= 0.6 is 0 Å². The maximum Gasteiger partial charge on any atom is 0.251 e. The maximum atomic E-state index is 13.6. The Morgan fingerprint density at radius 2 is 1.96 bits per heavy atom. The van der Waals surface area contributed by atoms with Gasteiger partial charge >= 0.3 is 0 Å². The van der Waals surface area contributed by atoms with Crippen molar-refractivity contribution >= 4 is 5.91 Å². The van der Waals surface area contributed by atoms with Crippen LogP contribution in [0.4, 0.5) is 4.39 Å². The molecule has 3 rings (SSSR count). The Morgan fingerprint density at radius 3 is 2.62 bits per heavy atom. The fourth-order valence-electron chi connectivity index (χ4n) is 2.68. The molecule has 0 radical (unpaired) electrons. The summed E-state index contributed by atoms with van der Waals surface area (Å²) < 4.78 is 18.9. The van der Waals surface area contributed by atoms with Crippen LogP contribution < -0.4 is 5.32 Å². The Morgan fingerprint density at radius 1 is 1.23 bits per heavy atom. The lowest BCUT2D eigenvalue weighted by Gasteiger charge is -2.08. The topological polar surface area (TPSA) is 75.4 Å². The van der Waals surface area contributed by atoms with Gasteiger partial charge in [-0.2, -0.15) is 0 Å². The fourth-order valence-corrected chi connectivity index (χ4v) is 2.68. The largest absolute Gasteiger partial charge is 0.392 e. The van der Waals surface area contributed by atoms with Crippen molar-refractivity contribution in [3.05, 3.63) is 65.7 Å². The van der Waals surface area contributed by atoms with E-state index in [2.05, 4.69) is 10.5 Å². The van der Waals surface area contributed by atoms with Crippen molar-refractivity contribution in [2.45, 2.75) is 20.0 Å². The second-order valence-corrected chi connectivity index (χ2v) is 6.11. The molecule has 0 bridgehead atoms. The predicted molar refractivity (Wildman–Crippen MR) is 96.1 cm³/mol. The SMILES string of the molecule is Cc1onc(-c2ccc(C(=O)NCC(C)O)cc2)c1-c1cccc(F)c1. The number of aryl methyl sites for hydroxylation is 1. The van der Waals surface area contributed by atoms with Crippen LogP contribution in [0.3, 0.4) is 0 Å². The fraction of sp³-hybridized carbons (Fsp3) is 0.200. The summed E-state index contributed by atoms with van der Waals surface area (Å²) in [6, 6.07) is 13.1. The smallest absolute Gasteiger partial charge is 0.251 e. The van der Waals surface area contributed by atoms with E-state index in [0.717, 1.165) is 11.1 Å². The molecule has 0 fully saturated rings. The van der Waals surface area contributed by atoms with Gasteiger partial charge in [-0.05, 0) is 43.7 Å². The van der Waals surface area contributed by atoms with E-state index in [1.54, 1.807) is 50.2 Å². The number of aromatic nitrogens is 1. The monoisotopic (exact) mass is 354 g/mol. The zero-order valence-corrected chi connectivity index (χ0v) is 14.5. The molecule has 6 heteroatoms. The lowest BCUT2D eigenvalue weighted by Crippen LogP contribution is -2.30. The second-order valence-electron chi connectivity index (χ2n) is 6.11. The van der Waals surface area contributed by atoms with Crippen LogP contribution in [0.25, 0.3) is 22.4 Å². The molecule has 2 N–H and O–H groups in total. The average molecular weight is 354 g/mol. The van der Waals surface area contributed by atoms with Gasteiger partial charge in [-0.15, -0.1) is 0 Å². The Hall–Kier alpha value is -2.99. The van der Waals surface area contributed by atoms with Crippen molar-refractivity contribution in [3.8, 4) is 22.4 Å². The van der Waals surface area contributed by atoms with E-state index in [-0.39, 0.29) is 18.3 Å². The molecule has 2 aromatic carbocycles. The van der Waals surface area contributed by atoms with Crippen LogP contribution in [0.1, 0.15) is 23.0 Å². The Labute approximate surface area is 150 Å². The van der Waals surface area contributed by atoms with Crippen LogP contribution in [-0.2, 0) is 0 Å². The normalized spacial score (nSPS) is 12.0. The lowest BCUT2D eigenvalue weighted by molar-refractivity contribution is 0.0924. The molecule has 0 aliphatic carbocycles. The molecule has 1 amide bonds. The highest BCUT2D eigenvalue weighted by Gasteiger charge is 2.17. The number of amides is 1. The van der Waals surface area contributed by atoms with Gasteiger partial charge in [0.1, 0.15) is 17.3 Å².